The zero-order valence-corrected chi connectivity index (χ0v) is 7.08. The van der Waals surface area contributed by atoms with Crippen molar-refractivity contribution in [2.45, 2.75) is 53.1 Å². The summed E-state index contributed by atoms with van der Waals surface area (Å²) in [4.78, 5) is 0. The van der Waals surface area contributed by atoms with E-state index in [1.807, 2.05) is 13.8 Å². The topological polar surface area (TPSA) is 0 Å². The van der Waals surface area contributed by atoms with Crippen LogP contribution in [-0.4, -0.2) is 6.17 Å². The SMILES string of the molecule is CC.CCCC[C@@H](C)F. The Morgan fingerprint density at radius 3 is 1.89 bits per heavy atom. The van der Waals surface area contributed by atoms with Crippen molar-refractivity contribution in [1.82, 2.24) is 0 Å². The van der Waals surface area contributed by atoms with Crippen molar-refractivity contribution < 1.29 is 4.39 Å². The van der Waals surface area contributed by atoms with Gasteiger partial charge in [0.15, 0.2) is 0 Å². The lowest BCUT2D eigenvalue weighted by atomic mass is 10.2. The van der Waals surface area contributed by atoms with E-state index in [0.29, 0.717) is 0 Å². The zero-order valence-electron chi connectivity index (χ0n) is 7.08. The number of alkyl halides is 1. The number of unbranched alkanes of at least 4 members (excludes halogenated alkanes) is 1. The van der Waals surface area contributed by atoms with Gasteiger partial charge in [0.05, 0.1) is 6.17 Å². The van der Waals surface area contributed by atoms with E-state index in [0.717, 1.165) is 19.3 Å². The fourth-order valence-electron chi connectivity index (χ4n) is 0.485. The molecule has 0 radical (unpaired) electrons. The molecule has 0 aromatic rings. The van der Waals surface area contributed by atoms with E-state index in [-0.39, 0.29) is 0 Å². The molecule has 0 aromatic carbocycles. The molecule has 0 fully saturated rings. The summed E-state index contributed by atoms with van der Waals surface area (Å²) in [5, 5.41) is 0. The van der Waals surface area contributed by atoms with E-state index in [4.69, 9.17) is 0 Å². The van der Waals surface area contributed by atoms with Gasteiger partial charge < -0.3 is 0 Å². The van der Waals surface area contributed by atoms with E-state index >= 15 is 0 Å². The molecule has 1 heteroatoms. The van der Waals surface area contributed by atoms with Gasteiger partial charge in [-0.25, -0.2) is 4.39 Å². The molecule has 58 valence electrons. The average Bonchev–Trinajstić information content (AvgIpc) is 1.88. The molecule has 0 unspecified atom stereocenters. The summed E-state index contributed by atoms with van der Waals surface area (Å²) < 4.78 is 11.9. The standard InChI is InChI=1S/C6H13F.C2H6/c1-3-4-5-6(2)7;1-2/h6H,3-5H2,1-2H3;1-2H3/t6-;/m1./s1. The van der Waals surface area contributed by atoms with Crippen LogP contribution in [0.5, 0.6) is 0 Å². The minimum absolute atomic E-state index is 0.597. The molecular formula is C8H19F. The van der Waals surface area contributed by atoms with Crippen LogP contribution in [0.1, 0.15) is 47.0 Å². The lowest BCUT2D eigenvalue weighted by Crippen LogP contribution is -1.89. The van der Waals surface area contributed by atoms with Crippen LogP contribution in [0.15, 0.2) is 0 Å². The molecule has 0 amide bonds. The van der Waals surface area contributed by atoms with Crippen LogP contribution < -0.4 is 0 Å². The summed E-state index contributed by atoms with van der Waals surface area (Å²) in [7, 11) is 0. The van der Waals surface area contributed by atoms with Crippen LogP contribution >= 0.6 is 0 Å². The quantitative estimate of drug-likeness (QED) is 0.553. The van der Waals surface area contributed by atoms with E-state index in [2.05, 4.69) is 6.92 Å². The lowest BCUT2D eigenvalue weighted by molar-refractivity contribution is 0.333. The first-order chi connectivity index (χ1) is 4.27. The molecule has 0 rings (SSSR count). The van der Waals surface area contributed by atoms with Gasteiger partial charge in [0.1, 0.15) is 0 Å². The third-order valence-corrected chi connectivity index (χ3v) is 0.955. The minimum atomic E-state index is -0.597. The molecule has 0 heterocycles. The van der Waals surface area contributed by atoms with Crippen molar-refractivity contribution in [2.24, 2.45) is 0 Å². The predicted molar refractivity (Wildman–Crippen MR) is 41.4 cm³/mol. The van der Waals surface area contributed by atoms with E-state index in [1.165, 1.54) is 0 Å². The van der Waals surface area contributed by atoms with Crippen molar-refractivity contribution in [1.29, 1.82) is 0 Å². The van der Waals surface area contributed by atoms with Crippen molar-refractivity contribution in [3.8, 4) is 0 Å². The number of rotatable bonds is 3. The molecule has 0 spiro atoms. The van der Waals surface area contributed by atoms with Gasteiger partial charge in [-0.1, -0.05) is 33.6 Å². The summed E-state index contributed by atoms with van der Waals surface area (Å²) in [5.41, 5.74) is 0. The first-order valence-electron chi connectivity index (χ1n) is 3.91. The third kappa shape index (κ3) is 18.1. The summed E-state index contributed by atoms with van der Waals surface area (Å²) in [5.74, 6) is 0. The Kier molecular flexibility index (Phi) is 14.1. The van der Waals surface area contributed by atoms with Gasteiger partial charge in [0.25, 0.3) is 0 Å². The summed E-state index contributed by atoms with van der Waals surface area (Å²) in [6.45, 7) is 7.68. The second kappa shape index (κ2) is 10.8. The van der Waals surface area contributed by atoms with Gasteiger partial charge in [-0.3, -0.25) is 0 Å². The fraction of sp³-hybridized carbons (Fsp3) is 1.00. The Hall–Kier alpha value is -0.0700. The van der Waals surface area contributed by atoms with Gasteiger partial charge >= 0.3 is 0 Å². The second-order valence-corrected chi connectivity index (χ2v) is 1.92. The number of halogens is 1. The highest BCUT2D eigenvalue weighted by Gasteiger charge is 1.93. The molecule has 0 aliphatic carbocycles. The van der Waals surface area contributed by atoms with Crippen LogP contribution in [0.25, 0.3) is 0 Å². The molecule has 1 atom stereocenters. The maximum Gasteiger partial charge on any atom is 0.0973 e. The van der Waals surface area contributed by atoms with Gasteiger partial charge in [-0.2, -0.15) is 0 Å². The van der Waals surface area contributed by atoms with Crippen LogP contribution in [-0.2, 0) is 0 Å². The van der Waals surface area contributed by atoms with E-state index < -0.39 is 6.17 Å². The highest BCUT2D eigenvalue weighted by atomic mass is 19.1. The Balaban J connectivity index is 0. The average molecular weight is 134 g/mol. The number of hydrogen-bond donors (Lipinski definition) is 0. The van der Waals surface area contributed by atoms with Gasteiger partial charge in [-0.15, -0.1) is 0 Å². The van der Waals surface area contributed by atoms with Crippen LogP contribution in [0, 0.1) is 0 Å². The second-order valence-electron chi connectivity index (χ2n) is 1.92. The molecule has 9 heavy (non-hydrogen) atoms. The largest absolute Gasteiger partial charge is 0.248 e. The Morgan fingerprint density at radius 1 is 1.33 bits per heavy atom. The molecular weight excluding hydrogens is 115 g/mol. The third-order valence-electron chi connectivity index (χ3n) is 0.955. The maximum atomic E-state index is 11.9. The van der Waals surface area contributed by atoms with Crippen molar-refractivity contribution >= 4 is 0 Å². The normalized spacial score (nSPS) is 11.7. The number of hydrogen-bond acceptors (Lipinski definition) is 0. The highest BCUT2D eigenvalue weighted by Crippen LogP contribution is 2.01. The molecule has 0 bridgehead atoms. The molecule has 0 aliphatic rings. The summed E-state index contributed by atoms with van der Waals surface area (Å²) >= 11 is 0. The summed E-state index contributed by atoms with van der Waals surface area (Å²) in [6, 6.07) is 0. The smallest absolute Gasteiger partial charge is 0.0973 e. The molecule has 0 saturated heterocycles. The lowest BCUT2D eigenvalue weighted by Gasteiger charge is -1.95. The van der Waals surface area contributed by atoms with E-state index in [1.54, 1.807) is 6.92 Å². The van der Waals surface area contributed by atoms with Gasteiger partial charge in [0, 0.05) is 0 Å². The van der Waals surface area contributed by atoms with Crippen LogP contribution in [0.3, 0.4) is 0 Å². The molecule has 0 aliphatic heterocycles. The summed E-state index contributed by atoms with van der Waals surface area (Å²) in [6.07, 6.45) is 2.27. The Labute approximate surface area is 58.5 Å². The molecule has 0 saturated carbocycles. The molecule has 0 nitrogen and oxygen atoms in total. The Morgan fingerprint density at radius 2 is 1.78 bits per heavy atom. The monoisotopic (exact) mass is 134 g/mol. The van der Waals surface area contributed by atoms with Crippen molar-refractivity contribution in [3.05, 3.63) is 0 Å². The highest BCUT2D eigenvalue weighted by molar-refractivity contribution is 4.44. The maximum absolute atomic E-state index is 11.9. The molecule has 0 aromatic heterocycles. The fourth-order valence-corrected chi connectivity index (χ4v) is 0.485. The van der Waals surface area contributed by atoms with Gasteiger partial charge in [0.2, 0.25) is 0 Å². The van der Waals surface area contributed by atoms with Crippen molar-refractivity contribution in [2.75, 3.05) is 0 Å². The molecule has 0 N–H and O–H groups in total. The Bertz CT molecular complexity index is 33.5. The minimum Gasteiger partial charge on any atom is -0.248 e. The van der Waals surface area contributed by atoms with Gasteiger partial charge in [-0.05, 0) is 13.3 Å². The first kappa shape index (κ1) is 11.7. The predicted octanol–water partition coefficient (Wildman–Crippen LogP) is 3.56. The van der Waals surface area contributed by atoms with E-state index in [9.17, 15) is 4.39 Å². The van der Waals surface area contributed by atoms with Crippen LogP contribution in [0.4, 0.5) is 4.39 Å². The van der Waals surface area contributed by atoms with Crippen LogP contribution in [0.2, 0.25) is 0 Å². The first-order valence-corrected chi connectivity index (χ1v) is 3.91. The zero-order chi connectivity index (χ0) is 7.70. The van der Waals surface area contributed by atoms with Crippen molar-refractivity contribution in [3.63, 3.8) is 0 Å².